The zero-order valence-corrected chi connectivity index (χ0v) is 17.5. The van der Waals surface area contributed by atoms with Gasteiger partial charge >= 0.3 is 5.69 Å². The van der Waals surface area contributed by atoms with Crippen LogP contribution in [-0.4, -0.2) is 9.97 Å². The molecule has 1 aromatic carbocycles. The van der Waals surface area contributed by atoms with Gasteiger partial charge in [-0.15, -0.1) is 0 Å². The van der Waals surface area contributed by atoms with Crippen LogP contribution in [0.15, 0.2) is 64.7 Å². The number of aromatic amines is 2. The molecule has 4 nitrogen and oxygen atoms in total. The van der Waals surface area contributed by atoms with E-state index in [0.717, 1.165) is 42.5 Å². The highest BCUT2D eigenvalue weighted by Crippen LogP contribution is 2.39. The molecular formula is C24H27ClN2O2. The van der Waals surface area contributed by atoms with Crippen LogP contribution in [-0.2, 0) is 6.42 Å². The molecule has 152 valence electrons. The predicted octanol–water partition coefficient (Wildman–Crippen LogP) is 5.19. The molecule has 0 atom stereocenters. The number of hydrogen-bond donors (Lipinski definition) is 2. The summed E-state index contributed by atoms with van der Waals surface area (Å²) in [6, 6.07) is 5.70. The molecule has 1 saturated carbocycles. The molecule has 1 heterocycles. The Bertz CT molecular complexity index is 1050. The second-order valence-electron chi connectivity index (χ2n) is 7.66. The van der Waals surface area contributed by atoms with E-state index in [2.05, 4.69) is 23.1 Å². The van der Waals surface area contributed by atoms with Gasteiger partial charge in [-0.3, -0.25) is 9.78 Å². The number of benzene rings is 1. The summed E-state index contributed by atoms with van der Waals surface area (Å²) in [5, 5.41) is 0.677. The summed E-state index contributed by atoms with van der Waals surface area (Å²) in [7, 11) is 0. The fourth-order valence-corrected chi connectivity index (χ4v) is 4.50. The number of rotatable bonds is 6. The lowest BCUT2D eigenvalue weighted by Crippen LogP contribution is -2.30. The Morgan fingerprint density at radius 2 is 1.90 bits per heavy atom. The molecule has 0 radical (unpaired) electrons. The van der Waals surface area contributed by atoms with Gasteiger partial charge in [-0.2, -0.15) is 0 Å². The molecule has 0 saturated heterocycles. The number of nitrogens with one attached hydrogen (secondary N) is 2. The highest BCUT2D eigenvalue weighted by atomic mass is 35.5. The van der Waals surface area contributed by atoms with Gasteiger partial charge in [0, 0.05) is 22.7 Å². The lowest BCUT2D eigenvalue weighted by atomic mass is 9.76. The molecule has 2 aromatic rings. The van der Waals surface area contributed by atoms with Crippen LogP contribution in [0, 0.1) is 12.8 Å². The second-order valence-corrected chi connectivity index (χ2v) is 8.06. The van der Waals surface area contributed by atoms with Crippen molar-refractivity contribution in [3.05, 3.63) is 103 Å². The van der Waals surface area contributed by atoms with Crippen LogP contribution in [0.25, 0.3) is 0 Å². The summed E-state index contributed by atoms with van der Waals surface area (Å²) >= 11 is 6.25. The molecule has 1 fully saturated rings. The van der Waals surface area contributed by atoms with Crippen LogP contribution >= 0.6 is 11.6 Å². The van der Waals surface area contributed by atoms with Gasteiger partial charge < -0.3 is 4.98 Å². The van der Waals surface area contributed by atoms with Crippen LogP contribution in [0.2, 0.25) is 5.02 Å². The molecule has 1 aliphatic rings. The fourth-order valence-electron chi connectivity index (χ4n) is 4.31. The summed E-state index contributed by atoms with van der Waals surface area (Å²) in [5.41, 5.74) is 3.79. The SMILES string of the molecule is C=C/C=C(\C=C)C1CCC(c2[nH]c(=O)[nH]c(=O)c2Cc2cccc(Cl)c2C)CC1. The third-order valence-electron chi connectivity index (χ3n) is 5.97. The Kier molecular flexibility index (Phi) is 6.75. The van der Waals surface area contributed by atoms with Crippen molar-refractivity contribution in [3.63, 3.8) is 0 Å². The maximum atomic E-state index is 12.7. The van der Waals surface area contributed by atoms with Crippen LogP contribution in [0.5, 0.6) is 0 Å². The van der Waals surface area contributed by atoms with Crippen LogP contribution in [0.1, 0.15) is 54.0 Å². The summed E-state index contributed by atoms with van der Waals surface area (Å²) in [4.78, 5) is 30.0. The Labute approximate surface area is 176 Å². The number of allylic oxidation sites excluding steroid dienone is 4. The summed E-state index contributed by atoms with van der Waals surface area (Å²) in [5.74, 6) is 0.597. The molecule has 3 rings (SSSR count). The van der Waals surface area contributed by atoms with Crippen LogP contribution < -0.4 is 11.2 Å². The minimum atomic E-state index is -0.447. The van der Waals surface area contributed by atoms with Crippen molar-refractivity contribution in [1.29, 1.82) is 0 Å². The quantitative estimate of drug-likeness (QED) is 0.643. The number of H-pyrrole nitrogens is 2. The van der Waals surface area contributed by atoms with E-state index in [1.54, 1.807) is 6.08 Å². The van der Waals surface area contributed by atoms with Crippen molar-refractivity contribution in [2.75, 3.05) is 0 Å². The maximum Gasteiger partial charge on any atom is 0.325 e. The first kappa shape index (κ1) is 21.1. The molecule has 1 aliphatic carbocycles. The van der Waals surface area contributed by atoms with Crippen molar-refractivity contribution in [2.45, 2.75) is 44.9 Å². The fraction of sp³-hybridized carbons (Fsp3) is 0.333. The lowest BCUT2D eigenvalue weighted by Gasteiger charge is -2.30. The minimum Gasteiger partial charge on any atom is -0.311 e. The van der Waals surface area contributed by atoms with E-state index in [4.69, 9.17) is 11.6 Å². The number of aromatic nitrogens is 2. The molecular weight excluding hydrogens is 384 g/mol. The van der Waals surface area contributed by atoms with Gasteiger partial charge in [0.25, 0.3) is 5.56 Å². The van der Waals surface area contributed by atoms with Gasteiger partial charge in [0.05, 0.1) is 0 Å². The maximum absolute atomic E-state index is 12.7. The van der Waals surface area contributed by atoms with Crippen molar-refractivity contribution in [1.82, 2.24) is 9.97 Å². The molecule has 29 heavy (non-hydrogen) atoms. The van der Waals surface area contributed by atoms with Crippen molar-refractivity contribution < 1.29 is 0 Å². The van der Waals surface area contributed by atoms with Crippen molar-refractivity contribution in [2.24, 2.45) is 5.92 Å². The second kappa shape index (κ2) is 9.27. The van der Waals surface area contributed by atoms with Gasteiger partial charge in [-0.25, -0.2) is 4.79 Å². The lowest BCUT2D eigenvalue weighted by molar-refractivity contribution is 0.360. The van der Waals surface area contributed by atoms with Gasteiger partial charge in [-0.1, -0.05) is 55.1 Å². The highest BCUT2D eigenvalue weighted by molar-refractivity contribution is 6.31. The van der Waals surface area contributed by atoms with Crippen LogP contribution in [0.3, 0.4) is 0 Å². The first-order valence-corrected chi connectivity index (χ1v) is 10.4. The van der Waals surface area contributed by atoms with Gasteiger partial charge in [0.1, 0.15) is 0 Å². The van der Waals surface area contributed by atoms with Crippen molar-refractivity contribution in [3.8, 4) is 0 Å². The first-order chi connectivity index (χ1) is 13.9. The van der Waals surface area contributed by atoms with E-state index in [-0.39, 0.29) is 11.5 Å². The molecule has 1 aromatic heterocycles. The molecule has 0 unspecified atom stereocenters. The van der Waals surface area contributed by atoms with E-state index < -0.39 is 5.69 Å². The summed E-state index contributed by atoms with van der Waals surface area (Å²) in [6.45, 7) is 9.64. The monoisotopic (exact) mass is 410 g/mol. The molecule has 5 heteroatoms. The largest absolute Gasteiger partial charge is 0.325 e. The number of halogens is 1. The van der Waals surface area contributed by atoms with Crippen molar-refractivity contribution >= 4 is 11.6 Å². The van der Waals surface area contributed by atoms with Gasteiger partial charge in [0.2, 0.25) is 0 Å². The Hall–Kier alpha value is -2.59. The van der Waals surface area contributed by atoms with E-state index >= 15 is 0 Å². The third-order valence-corrected chi connectivity index (χ3v) is 6.38. The highest BCUT2D eigenvalue weighted by Gasteiger charge is 2.27. The Morgan fingerprint density at radius 1 is 1.17 bits per heavy atom. The van der Waals surface area contributed by atoms with E-state index in [9.17, 15) is 9.59 Å². The summed E-state index contributed by atoms with van der Waals surface area (Å²) < 4.78 is 0. The van der Waals surface area contributed by atoms with E-state index in [0.29, 0.717) is 22.9 Å². The van der Waals surface area contributed by atoms with Gasteiger partial charge in [0.15, 0.2) is 0 Å². The van der Waals surface area contributed by atoms with E-state index in [1.165, 1.54) is 5.57 Å². The average Bonchev–Trinajstić information content (AvgIpc) is 2.71. The molecule has 0 bridgehead atoms. The summed E-state index contributed by atoms with van der Waals surface area (Å²) in [6.07, 6.45) is 9.95. The topological polar surface area (TPSA) is 65.7 Å². The average molecular weight is 411 g/mol. The standard InChI is InChI=1S/C24H27ClN2O2/c1-4-7-16(5-2)17-10-12-18(13-11-17)22-20(23(28)27-24(29)26-22)14-19-8-6-9-21(25)15(19)3/h4-9,17-18H,1-2,10-14H2,3H3,(H2,26,27,28,29)/b16-7+. The predicted molar refractivity (Wildman–Crippen MR) is 120 cm³/mol. The minimum absolute atomic E-state index is 0.158. The van der Waals surface area contributed by atoms with E-state index in [1.807, 2.05) is 37.3 Å². The first-order valence-electron chi connectivity index (χ1n) is 9.99. The normalized spacial score (nSPS) is 19.7. The third kappa shape index (κ3) is 4.70. The zero-order valence-electron chi connectivity index (χ0n) is 16.8. The molecule has 0 aliphatic heterocycles. The van der Waals surface area contributed by atoms with Gasteiger partial charge in [-0.05, 0) is 67.2 Å². The zero-order chi connectivity index (χ0) is 21.0. The van der Waals surface area contributed by atoms with Crippen LogP contribution in [0.4, 0.5) is 0 Å². The number of hydrogen-bond acceptors (Lipinski definition) is 2. The molecule has 2 N–H and O–H groups in total. The molecule has 0 spiro atoms. The molecule has 0 amide bonds. The Morgan fingerprint density at radius 3 is 2.55 bits per heavy atom. The Balaban J connectivity index is 1.91. The smallest absolute Gasteiger partial charge is 0.311 e.